The number of fused-ring (bicyclic) bond motifs is 1. The van der Waals surface area contributed by atoms with Gasteiger partial charge in [0.15, 0.2) is 0 Å². The maximum Gasteiger partial charge on any atom is 0.235 e. The lowest BCUT2D eigenvalue weighted by Crippen LogP contribution is -2.40. The Morgan fingerprint density at radius 1 is 1.42 bits per heavy atom. The number of aryl methyl sites for hydroxylation is 1. The van der Waals surface area contributed by atoms with Crippen LogP contribution in [0.25, 0.3) is 0 Å². The molecule has 0 fully saturated rings. The van der Waals surface area contributed by atoms with Crippen molar-refractivity contribution in [3.05, 3.63) is 29.3 Å². The summed E-state index contributed by atoms with van der Waals surface area (Å²) in [5, 5.41) is 2.90. The van der Waals surface area contributed by atoms with E-state index in [4.69, 9.17) is 10.5 Å². The molecule has 1 atom stereocenters. The topological polar surface area (TPSA) is 111 Å². The quantitative estimate of drug-likeness (QED) is 0.470. The van der Waals surface area contributed by atoms with E-state index in [9.17, 15) is 13.2 Å². The lowest BCUT2D eigenvalue weighted by Gasteiger charge is -2.26. The Hall–Kier alpha value is -1.64. The fourth-order valence-electron chi connectivity index (χ4n) is 2.79. The van der Waals surface area contributed by atoms with Gasteiger partial charge in [-0.15, -0.1) is 0 Å². The van der Waals surface area contributed by atoms with Crippen LogP contribution in [0, 0.1) is 0 Å². The zero-order valence-corrected chi connectivity index (χ0v) is 14.7. The predicted molar refractivity (Wildman–Crippen MR) is 93.0 cm³/mol. The highest BCUT2D eigenvalue weighted by Gasteiger charge is 2.22. The van der Waals surface area contributed by atoms with Gasteiger partial charge in [-0.1, -0.05) is 6.07 Å². The predicted octanol–water partition coefficient (Wildman–Crippen LogP) is 0.718. The van der Waals surface area contributed by atoms with Crippen molar-refractivity contribution in [2.75, 3.05) is 31.2 Å². The number of benzene rings is 1. The molecule has 7 nitrogen and oxygen atoms in total. The molecule has 1 aromatic carbocycles. The lowest BCUT2D eigenvalue weighted by molar-refractivity contribution is -0.120. The van der Waals surface area contributed by atoms with Crippen LogP contribution in [0.4, 0.5) is 5.69 Å². The van der Waals surface area contributed by atoms with E-state index in [-0.39, 0.29) is 30.9 Å². The van der Waals surface area contributed by atoms with E-state index >= 15 is 0 Å². The van der Waals surface area contributed by atoms with E-state index in [2.05, 4.69) is 10.0 Å². The zero-order valence-electron chi connectivity index (χ0n) is 13.9. The van der Waals surface area contributed by atoms with E-state index in [0.29, 0.717) is 12.3 Å². The summed E-state index contributed by atoms with van der Waals surface area (Å²) in [5.74, 6) is -0.496. The third kappa shape index (κ3) is 5.47. The Labute approximate surface area is 143 Å². The van der Waals surface area contributed by atoms with Gasteiger partial charge in [0.1, 0.15) is 0 Å². The molecule has 0 aromatic heterocycles. The van der Waals surface area contributed by atoms with Gasteiger partial charge >= 0.3 is 0 Å². The number of anilines is 1. The highest BCUT2D eigenvalue weighted by Crippen LogP contribution is 2.30. The van der Waals surface area contributed by atoms with Crippen LogP contribution in [-0.2, 0) is 26.0 Å². The van der Waals surface area contributed by atoms with Crippen molar-refractivity contribution in [3.63, 3.8) is 0 Å². The molecular weight excluding hydrogens is 330 g/mol. The molecule has 0 spiro atoms. The highest BCUT2D eigenvalue weighted by atomic mass is 32.2. The van der Waals surface area contributed by atoms with Crippen LogP contribution in [-0.4, -0.2) is 39.8 Å². The minimum atomic E-state index is -3.51. The van der Waals surface area contributed by atoms with Crippen LogP contribution in [0.1, 0.15) is 36.9 Å². The summed E-state index contributed by atoms with van der Waals surface area (Å²) >= 11 is 0. The monoisotopic (exact) mass is 355 g/mol. The van der Waals surface area contributed by atoms with Gasteiger partial charge in [-0.25, -0.2) is 13.1 Å². The Balaban J connectivity index is 1.87. The number of hydrogen-bond donors (Lipinski definition) is 3. The van der Waals surface area contributed by atoms with Gasteiger partial charge in [0, 0.05) is 12.3 Å². The molecule has 0 aliphatic heterocycles. The summed E-state index contributed by atoms with van der Waals surface area (Å²) in [6.07, 6.45) is 2.73. The van der Waals surface area contributed by atoms with Crippen molar-refractivity contribution in [1.29, 1.82) is 0 Å². The number of hydrogen-bond acceptors (Lipinski definition) is 5. The van der Waals surface area contributed by atoms with Crippen molar-refractivity contribution in [2.24, 2.45) is 0 Å². The molecule has 1 aliphatic rings. The van der Waals surface area contributed by atoms with Gasteiger partial charge in [-0.3, -0.25) is 4.79 Å². The maximum atomic E-state index is 12.1. The van der Waals surface area contributed by atoms with Crippen LogP contribution >= 0.6 is 0 Å². The van der Waals surface area contributed by atoms with Gasteiger partial charge in [-0.05, 0) is 49.4 Å². The summed E-state index contributed by atoms with van der Waals surface area (Å²) in [5.41, 5.74) is 8.71. The summed E-state index contributed by atoms with van der Waals surface area (Å²) in [4.78, 5) is 12.1. The largest absolute Gasteiger partial charge is 0.399 e. The SMILES string of the molecule is CCOCCS(=O)(=O)NCC(=O)NC1CCCc2cc(N)ccc21. The van der Waals surface area contributed by atoms with Crippen molar-refractivity contribution >= 4 is 21.6 Å². The second-order valence-electron chi connectivity index (χ2n) is 5.81. The van der Waals surface area contributed by atoms with Crippen LogP contribution in [0.3, 0.4) is 0 Å². The zero-order chi connectivity index (χ0) is 17.6. The lowest BCUT2D eigenvalue weighted by atomic mass is 9.87. The molecule has 0 saturated heterocycles. The molecule has 2 rings (SSSR count). The Kier molecular flexibility index (Phi) is 6.59. The third-order valence-corrected chi connectivity index (χ3v) is 5.26. The Morgan fingerprint density at radius 3 is 2.96 bits per heavy atom. The number of ether oxygens (including phenoxy) is 1. The number of rotatable bonds is 8. The van der Waals surface area contributed by atoms with Gasteiger partial charge in [0.05, 0.1) is 24.9 Å². The first-order valence-electron chi connectivity index (χ1n) is 8.14. The molecule has 0 heterocycles. The second-order valence-corrected chi connectivity index (χ2v) is 7.73. The van der Waals surface area contributed by atoms with Crippen molar-refractivity contribution < 1.29 is 17.9 Å². The molecular formula is C16H25N3O4S. The Bertz CT molecular complexity index is 676. The summed E-state index contributed by atoms with van der Waals surface area (Å²) in [7, 11) is -3.51. The van der Waals surface area contributed by atoms with Crippen molar-refractivity contribution in [2.45, 2.75) is 32.2 Å². The van der Waals surface area contributed by atoms with Crippen LogP contribution in [0.2, 0.25) is 0 Å². The van der Waals surface area contributed by atoms with E-state index < -0.39 is 10.0 Å². The van der Waals surface area contributed by atoms with Gasteiger partial charge in [0.25, 0.3) is 0 Å². The van der Waals surface area contributed by atoms with Gasteiger partial charge in [-0.2, -0.15) is 0 Å². The van der Waals surface area contributed by atoms with E-state index in [0.717, 1.165) is 30.4 Å². The van der Waals surface area contributed by atoms with Crippen molar-refractivity contribution in [3.8, 4) is 0 Å². The molecule has 0 bridgehead atoms. The highest BCUT2D eigenvalue weighted by molar-refractivity contribution is 7.89. The fraction of sp³-hybridized carbons (Fsp3) is 0.562. The van der Waals surface area contributed by atoms with E-state index in [1.54, 1.807) is 6.92 Å². The van der Waals surface area contributed by atoms with Crippen LogP contribution < -0.4 is 15.8 Å². The average Bonchev–Trinajstić information content (AvgIpc) is 2.53. The molecule has 1 aliphatic carbocycles. The van der Waals surface area contributed by atoms with Gasteiger partial charge in [0.2, 0.25) is 15.9 Å². The number of nitrogens with one attached hydrogen (secondary N) is 2. The molecule has 1 amide bonds. The first-order chi connectivity index (χ1) is 11.4. The molecule has 1 unspecified atom stereocenters. The molecule has 0 radical (unpaired) electrons. The average molecular weight is 355 g/mol. The third-order valence-electron chi connectivity index (χ3n) is 3.97. The summed E-state index contributed by atoms with van der Waals surface area (Å²) in [6, 6.07) is 5.58. The minimum absolute atomic E-state index is 0.102. The molecule has 24 heavy (non-hydrogen) atoms. The smallest absolute Gasteiger partial charge is 0.235 e. The molecule has 0 saturated carbocycles. The maximum absolute atomic E-state index is 12.1. The Morgan fingerprint density at radius 2 is 2.21 bits per heavy atom. The standard InChI is InChI=1S/C16H25N3O4S/c1-2-23-8-9-24(21,22)18-11-16(20)19-15-5-3-4-12-10-13(17)6-7-14(12)15/h6-7,10,15,18H,2-5,8-9,11,17H2,1H3,(H,19,20). The molecule has 134 valence electrons. The number of nitrogens with two attached hydrogens (primary N) is 1. The number of carbonyl (C=O) groups is 1. The van der Waals surface area contributed by atoms with E-state index in [1.165, 1.54) is 0 Å². The summed E-state index contributed by atoms with van der Waals surface area (Å²) < 4.78 is 30.8. The minimum Gasteiger partial charge on any atom is -0.399 e. The fourth-order valence-corrected chi connectivity index (χ4v) is 3.62. The van der Waals surface area contributed by atoms with E-state index in [1.807, 2.05) is 18.2 Å². The van der Waals surface area contributed by atoms with Crippen LogP contribution in [0.15, 0.2) is 18.2 Å². The molecule has 1 aromatic rings. The first kappa shape index (κ1) is 18.7. The molecule has 4 N–H and O–H groups in total. The normalized spacial score (nSPS) is 17.3. The number of amides is 1. The van der Waals surface area contributed by atoms with Gasteiger partial charge < -0.3 is 15.8 Å². The first-order valence-corrected chi connectivity index (χ1v) is 9.79. The summed E-state index contributed by atoms with van der Waals surface area (Å²) in [6.45, 7) is 2.10. The molecule has 8 heteroatoms. The van der Waals surface area contributed by atoms with Crippen LogP contribution in [0.5, 0.6) is 0 Å². The van der Waals surface area contributed by atoms with Crippen molar-refractivity contribution in [1.82, 2.24) is 10.0 Å². The number of sulfonamides is 1. The number of nitrogen functional groups attached to an aromatic ring is 1. The second kappa shape index (κ2) is 8.46. The number of carbonyl (C=O) groups excluding carboxylic acids is 1.